The van der Waals surface area contributed by atoms with Gasteiger partial charge in [-0.25, -0.2) is 4.79 Å². The number of unbranched alkanes of at least 4 members (excludes halogenated alkanes) is 3. The van der Waals surface area contributed by atoms with E-state index in [4.69, 9.17) is 4.74 Å². The van der Waals surface area contributed by atoms with Crippen LogP contribution in [-0.4, -0.2) is 58.9 Å². The summed E-state index contributed by atoms with van der Waals surface area (Å²) in [7, 11) is 0. The Bertz CT molecular complexity index is 1070. The molecule has 174 valence electrons. The summed E-state index contributed by atoms with van der Waals surface area (Å²) in [5.41, 5.74) is -0.356. The Morgan fingerprint density at radius 2 is 1.58 bits per heavy atom. The summed E-state index contributed by atoms with van der Waals surface area (Å²) in [5.74, 6) is -2.64. The number of carbonyl (C=O) groups excluding carboxylic acids is 3. The van der Waals surface area contributed by atoms with Crippen LogP contribution in [0.25, 0.3) is 0 Å². The predicted molar refractivity (Wildman–Crippen MR) is 122 cm³/mol. The van der Waals surface area contributed by atoms with Crippen LogP contribution in [0.3, 0.4) is 0 Å². The van der Waals surface area contributed by atoms with Crippen LogP contribution in [0.2, 0.25) is 0 Å². The first kappa shape index (κ1) is 23.0. The van der Waals surface area contributed by atoms with Crippen molar-refractivity contribution in [1.82, 2.24) is 4.90 Å². The van der Waals surface area contributed by atoms with E-state index in [1.54, 1.807) is 0 Å². The zero-order valence-corrected chi connectivity index (χ0v) is 18.6. The van der Waals surface area contributed by atoms with Gasteiger partial charge in [0.2, 0.25) is 5.78 Å². The molecule has 0 amide bonds. The molecule has 1 heterocycles. The molecule has 0 saturated carbocycles. The highest BCUT2D eigenvalue weighted by atomic mass is 16.5. The zero-order valence-electron chi connectivity index (χ0n) is 18.6. The van der Waals surface area contributed by atoms with Crippen LogP contribution in [0, 0.1) is 0 Å². The van der Waals surface area contributed by atoms with Crippen molar-refractivity contribution in [2.75, 3.05) is 26.2 Å². The SMILES string of the molecule is O=C(OCCCCCCN1CCCCC1)c1cc(O)c2c(c1)C(=O)c1cccc(O)c1C2=O. The van der Waals surface area contributed by atoms with E-state index in [2.05, 4.69) is 4.90 Å². The van der Waals surface area contributed by atoms with Gasteiger partial charge in [-0.1, -0.05) is 31.4 Å². The molecule has 0 spiro atoms. The first-order valence-corrected chi connectivity index (χ1v) is 11.6. The number of hydrogen-bond acceptors (Lipinski definition) is 7. The number of esters is 1. The Morgan fingerprint density at radius 3 is 2.36 bits per heavy atom. The van der Waals surface area contributed by atoms with Gasteiger partial charge in [0.15, 0.2) is 5.78 Å². The lowest BCUT2D eigenvalue weighted by molar-refractivity contribution is 0.0496. The van der Waals surface area contributed by atoms with Gasteiger partial charge in [0.25, 0.3) is 0 Å². The molecule has 1 saturated heterocycles. The van der Waals surface area contributed by atoms with E-state index in [1.165, 1.54) is 56.6 Å². The van der Waals surface area contributed by atoms with Gasteiger partial charge < -0.3 is 19.8 Å². The van der Waals surface area contributed by atoms with Crippen LogP contribution in [-0.2, 0) is 4.74 Å². The smallest absolute Gasteiger partial charge is 0.338 e. The summed E-state index contributed by atoms with van der Waals surface area (Å²) >= 11 is 0. The largest absolute Gasteiger partial charge is 0.507 e. The number of aromatic hydroxyl groups is 2. The van der Waals surface area contributed by atoms with Gasteiger partial charge in [-0.15, -0.1) is 0 Å². The molecule has 1 fully saturated rings. The van der Waals surface area contributed by atoms with E-state index in [-0.39, 0.29) is 40.2 Å². The molecule has 0 atom stereocenters. The summed E-state index contributed by atoms with van der Waals surface area (Å²) in [6.45, 7) is 3.78. The fourth-order valence-electron chi connectivity index (χ4n) is 4.62. The number of nitrogens with zero attached hydrogens (tertiary/aromatic N) is 1. The first-order chi connectivity index (χ1) is 16.0. The van der Waals surface area contributed by atoms with Crippen molar-refractivity contribution >= 4 is 17.5 Å². The minimum Gasteiger partial charge on any atom is -0.507 e. The van der Waals surface area contributed by atoms with Crippen molar-refractivity contribution in [2.24, 2.45) is 0 Å². The monoisotopic (exact) mass is 451 g/mol. The molecule has 7 nitrogen and oxygen atoms in total. The minimum absolute atomic E-state index is 0.0149. The third-order valence-corrected chi connectivity index (χ3v) is 6.39. The van der Waals surface area contributed by atoms with Gasteiger partial charge in [-0.2, -0.15) is 0 Å². The van der Waals surface area contributed by atoms with Crippen LogP contribution < -0.4 is 0 Å². The average Bonchev–Trinajstić information content (AvgIpc) is 2.81. The number of ketones is 2. The Labute approximate surface area is 193 Å². The van der Waals surface area contributed by atoms with Crippen molar-refractivity contribution in [3.8, 4) is 11.5 Å². The molecule has 2 aromatic rings. The van der Waals surface area contributed by atoms with Crippen molar-refractivity contribution in [1.29, 1.82) is 0 Å². The number of benzene rings is 2. The standard InChI is InChI=1S/C26H29NO6/c28-20-10-8-9-18-22(20)25(31)23-19(24(18)30)15-17(16-21(23)29)26(32)33-14-7-2-1-4-11-27-12-5-3-6-13-27/h8-10,15-16,28-29H,1-7,11-14H2. The summed E-state index contributed by atoms with van der Waals surface area (Å²) in [4.78, 5) is 40.7. The highest BCUT2D eigenvalue weighted by Gasteiger charge is 2.35. The Kier molecular flexibility index (Phi) is 7.08. The molecule has 0 aromatic heterocycles. The van der Waals surface area contributed by atoms with Crippen LogP contribution in [0.4, 0.5) is 0 Å². The number of phenolic OH excluding ortho intramolecular Hbond substituents is 2. The van der Waals surface area contributed by atoms with E-state index in [1.807, 2.05) is 0 Å². The maximum absolute atomic E-state index is 12.9. The molecule has 2 aromatic carbocycles. The molecule has 7 heteroatoms. The number of carbonyl (C=O) groups is 3. The molecule has 1 aliphatic carbocycles. The number of phenols is 2. The predicted octanol–water partition coefficient (Wildman–Crippen LogP) is 4.08. The number of fused-ring (bicyclic) bond motifs is 2. The van der Waals surface area contributed by atoms with Crippen LogP contribution in [0.15, 0.2) is 30.3 Å². The summed E-state index contributed by atoms with van der Waals surface area (Å²) in [6, 6.07) is 6.63. The van der Waals surface area contributed by atoms with Gasteiger partial charge in [0.05, 0.1) is 23.3 Å². The molecule has 0 unspecified atom stereocenters. The van der Waals surface area contributed by atoms with E-state index >= 15 is 0 Å². The third-order valence-electron chi connectivity index (χ3n) is 6.39. The lowest BCUT2D eigenvalue weighted by atomic mass is 9.82. The Morgan fingerprint density at radius 1 is 0.848 bits per heavy atom. The Balaban J connectivity index is 1.32. The van der Waals surface area contributed by atoms with Gasteiger partial charge in [0.1, 0.15) is 11.5 Å². The second-order valence-electron chi connectivity index (χ2n) is 8.73. The summed E-state index contributed by atoms with van der Waals surface area (Å²) in [5, 5.41) is 20.4. The molecule has 1 aliphatic heterocycles. The van der Waals surface area contributed by atoms with Crippen LogP contribution >= 0.6 is 0 Å². The zero-order chi connectivity index (χ0) is 23.4. The Hall–Kier alpha value is -3.19. The topological polar surface area (TPSA) is 104 Å². The summed E-state index contributed by atoms with van der Waals surface area (Å²) in [6.07, 6.45) is 7.85. The second kappa shape index (κ2) is 10.2. The average molecular weight is 452 g/mol. The molecule has 2 N–H and O–H groups in total. The molecule has 0 radical (unpaired) electrons. The quantitative estimate of drug-likeness (QED) is 0.393. The van der Waals surface area contributed by atoms with E-state index < -0.39 is 23.3 Å². The molecular weight excluding hydrogens is 422 g/mol. The molecular formula is C26H29NO6. The van der Waals surface area contributed by atoms with E-state index in [9.17, 15) is 24.6 Å². The highest BCUT2D eigenvalue weighted by molar-refractivity contribution is 6.30. The van der Waals surface area contributed by atoms with Crippen LogP contribution in [0.5, 0.6) is 11.5 Å². The van der Waals surface area contributed by atoms with Gasteiger partial charge >= 0.3 is 5.97 Å². The second-order valence-corrected chi connectivity index (χ2v) is 8.73. The van der Waals surface area contributed by atoms with E-state index in [0.717, 1.165) is 38.3 Å². The maximum Gasteiger partial charge on any atom is 0.338 e. The van der Waals surface area contributed by atoms with Gasteiger partial charge in [-0.3, -0.25) is 9.59 Å². The third kappa shape index (κ3) is 4.93. The summed E-state index contributed by atoms with van der Waals surface area (Å²) < 4.78 is 5.32. The molecule has 33 heavy (non-hydrogen) atoms. The van der Waals surface area contributed by atoms with Crippen molar-refractivity contribution < 1.29 is 29.3 Å². The molecule has 4 rings (SSSR count). The van der Waals surface area contributed by atoms with Crippen molar-refractivity contribution in [2.45, 2.75) is 44.9 Å². The molecule has 2 aliphatic rings. The lowest BCUT2D eigenvalue weighted by Gasteiger charge is -2.26. The highest BCUT2D eigenvalue weighted by Crippen LogP contribution is 2.37. The van der Waals surface area contributed by atoms with E-state index in [0.29, 0.717) is 0 Å². The fourth-order valence-corrected chi connectivity index (χ4v) is 4.62. The lowest BCUT2D eigenvalue weighted by Crippen LogP contribution is -2.30. The number of piperidine rings is 1. The van der Waals surface area contributed by atoms with Crippen molar-refractivity contribution in [3.05, 3.63) is 58.1 Å². The number of rotatable bonds is 8. The number of ether oxygens (including phenoxy) is 1. The van der Waals surface area contributed by atoms with Crippen LogP contribution in [0.1, 0.15) is 87.1 Å². The minimum atomic E-state index is -0.653. The number of hydrogen-bond donors (Lipinski definition) is 2. The maximum atomic E-state index is 12.9. The van der Waals surface area contributed by atoms with Gasteiger partial charge in [0, 0.05) is 11.1 Å². The number of likely N-dealkylation sites (tertiary alicyclic amines) is 1. The normalized spacial score (nSPS) is 15.8. The van der Waals surface area contributed by atoms with Gasteiger partial charge in [-0.05, 0) is 63.5 Å². The fraction of sp³-hybridized carbons (Fsp3) is 0.423. The first-order valence-electron chi connectivity index (χ1n) is 11.6. The molecule has 0 bridgehead atoms. The van der Waals surface area contributed by atoms with Crippen molar-refractivity contribution in [3.63, 3.8) is 0 Å².